The van der Waals surface area contributed by atoms with E-state index in [1.165, 1.54) is 6.08 Å². The van der Waals surface area contributed by atoms with Crippen molar-refractivity contribution in [1.29, 1.82) is 0 Å². The maximum absolute atomic E-state index is 11.6. The third kappa shape index (κ3) is 2.36. The van der Waals surface area contributed by atoms with Crippen molar-refractivity contribution < 1.29 is 9.60 Å². The summed E-state index contributed by atoms with van der Waals surface area (Å²) in [4.78, 5) is 0. The van der Waals surface area contributed by atoms with Gasteiger partial charge in [-0.3, -0.25) is 10.3 Å². The molecule has 0 atom stereocenters. The Morgan fingerprint density at radius 1 is 1.33 bits per heavy atom. The molecule has 0 fully saturated rings. The molecule has 1 N–H and O–H groups in total. The minimum Gasteiger partial charge on any atom is -0.288 e. The molecule has 0 spiro atoms. The van der Waals surface area contributed by atoms with E-state index in [1.807, 2.05) is 6.07 Å². The van der Waals surface area contributed by atoms with E-state index in [2.05, 4.69) is 0 Å². The van der Waals surface area contributed by atoms with Crippen LogP contribution in [0.4, 0.5) is 10.1 Å². The summed E-state index contributed by atoms with van der Waals surface area (Å²) in [6.45, 7) is 0.153. The Hall–Kier alpha value is -1.35. The van der Waals surface area contributed by atoms with Crippen LogP contribution < -0.4 is 5.06 Å². The topological polar surface area (TPSA) is 23.5 Å². The number of hydrogen-bond donors (Lipinski definition) is 1. The zero-order chi connectivity index (χ0) is 8.81. The third-order valence-corrected chi connectivity index (χ3v) is 1.42. The highest BCUT2D eigenvalue weighted by molar-refractivity contribution is 5.43. The Labute approximate surface area is 70.5 Å². The number of anilines is 1. The van der Waals surface area contributed by atoms with E-state index >= 15 is 0 Å². The highest BCUT2D eigenvalue weighted by atomic mass is 19.1. The second-order valence-electron chi connectivity index (χ2n) is 2.28. The summed E-state index contributed by atoms with van der Waals surface area (Å²) in [7, 11) is 0. The van der Waals surface area contributed by atoms with Gasteiger partial charge >= 0.3 is 0 Å². The number of para-hydroxylation sites is 1. The summed E-state index contributed by atoms with van der Waals surface area (Å²) >= 11 is 0. The SMILES string of the molecule is ON(CC=CF)c1ccccc1. The molecule has 0 unspecified atom stereocenters. The van der Waals surface area contributed by atoms with E-state index in [-0.39, 0.29) is 6.54 Å². The molecule has 3 heteroatoms. The van der Waals surface area contributed by atoms with Crippen LogP contribution in [0.2, 0.25) is 0 Å². The van der Waals surface area contributed by atoms with Crippen molar-refractivity contribution >= 4 is 5.69 Å². The predicted octanol–water partition coefficient (Wildman–Crippen LogP) is 2.37. The lowest BCUT2D eigenvalue weighted by Gasteiger charge is -2.13. The van der Waals surface area contributed by atoms with Gasteiger partial charge in [-0.1, -0.05) is 18.2 Å². The first-order chi connectivity index (χ1) is 5.84. The van der Waals surface area contributed by atoms with Gasteiger partial charge in [0.05, 0.1) is 18.6 Å². The van der Waals surface area contributed by atoms with Crippen LogP contribution in [0, 0.1) is 0 Å². The van der Waals surface area contributed by atoms with Gasteiger partial charge in [-0.05, 0) is 18.2 Å². The van der Waals surface area contributed by atoms with Crippen LogP contribution in [0.1, 0.15) is 0 Å². The van der Waals surface area contributed by atoms with E-state index in [0.717, 1.165) is 5.06 Å². The standard InChI is InChI=1S/C9H10FNO/c10-7-4-8-11(12)9-5-2-1-3-6-9/h1-7,12H,8H2. The molecule has 0 bridgehead atoms. The van der Waals surface area contributed by atoms with Gasteiger partial charge in [0.2, 0.25) is 0 Å². The van der Waals surface area contributed by atoms with Crippen molar-refractivity contribution in [2.24, 2.45) is 0 Å². The molecule has 0 saturated heterocycles. The van der Waals surface area contributed by atoms with Gasteiger partial charge in [-0.15, -0.1) is 0 Å². The molecule has 0 amide bonds. The number of hydroxylamine groups is 1. The quantitative estimate of drug-likeness (QED) is 0.698. The second-order valence-corrected chi connectivity index (χ2v) is 2.28. The molecule has 0 heterocycles. The zero-order valence-corrected chi connectivity index (χ0v) is 6.52. The van der Waals surface area contributed by atoms with E-state index in [0.29, 0.717) is 12.0 Å². The van der Waals surface area contributed by atoms with Gasteiger partial charge in [0.1, 0.15) is 0 Å². The molecule has 64 valence electrons. The zero-order valence-electron chi connectivity index (χ0n) is 6.52. The molecule has 1 aromatic rings. The Balaban J connectivity index is 2.59. The minimum atomic E-state index is 0.153. The lowest BCUT2D eigenvalue weighted by molar-refractivity contribution is 0.266. The summed E-state index contributed by atoms with van der Waals surface area (Å²) in [5.41, 5.74) is 0.649. The molecule has 2 nitrogen and oxygen atoms in total. The van der Waals surface area contributed by atoms with Crippen molar-refractivity contribution in [3.05, 3.63) is 42.7 Å². The number of nitrogens with zero attached hydrogens (tertiary/aromatic N) is 1. The summed E-state index contributed by atoms with van der Waals surface area (Å²) < 4.78 is 11.6. The fourth-order valence-corrected chi connectivity index (χ4v) is 0.845. The summed E-state index contributed by atoms with van der Waals surface area (Å²) in [6.07, 6.45) is 1.64. The van der Waals surface area contributed by atoms with E-state index in [4.69, 9.17) is 0 Å². The van der Waals surface area contributed by atoms with Gasteiger partial charge in [0.25, 0.3) is 0 Å². The lowest BCUT2D eigenvalue weighted by Crippen LogP contribution is -2.17. The van der Waals surface area contributed by atoms with Gasteiger partial charge < -0.3 is 0 Å². The molecular formula is C9H10FNO. The van der Waals surface area contributed by atoms with Crippen LogP contribution in [0.3, 0.4) is 0 Å². The summed E-state index contributed by atoms with van der Waals surface area (Å²) in [5.74, 6) is 0. The first kappa shape index (κ1) is 8.74. The Morgan fingerprint density at radius 3 is 2.58 bits per heavy atom. The van der Waals surface area contributed by atoms with E-state index in [9.17, 15) is 9.60 Å². The highest BCUT2D eigenvalue weighted by Gasteiger charge is 1.97. The van der Waals surface area contributed by atoms with Crippen LogP contribution in [-0.2, 0) is 0 Å². The van der Waals surface area contributed by atoms with E-state index < -0.39 is 0 Å². The normalized spacial score (nSPS) is 10.5. The van der Waals surface area contributed by atoms with Crippen LogP contribution in [-0.4, -0.2) is 11.8 Å². The first-order valence-electron chi connectivity index (χ1n) is 3.61. The minimum absolute atomic E-state index is 0.153. The Kier molecular flexibility index (Phi) is 3.29. The highest BCUT2D eigenvalue weighted by Crippen LogP contribution is 2.09. The van der Waals surface area contributed by atoms with Crippen LogP contribution in [0.25, 0.3) is 0 Å². The number of halogens is 1. The fourth-order valence-electron chi connectivity index (χ4n) is 0.845. The first-order valence-corrected chi connectivity index (χ1v) is 3.61. The molecule has 0 aliphatic carbocycles. The van der Waals surface area contributed by atoms with Crippen LogP contribution in [0.15, 0.2) is 42.7 Å². The van der Waals surface area contributed by atoms with Gasteiger partial charge in [0, 0.05) is 0 Å². The fraction of sp³-hybridized carbons (Fsp3) is 0.111. The van der Waals surface area contributed by atoms with Crippen molar-refractivity contribution in [3.63, 3.8) is 0 Å². The molecule has 0 aliphatic rings. The molecular weight excluding hydrogens is 157 g/mol. The molecule has 12 heavy (non-hydrogen) atoms. The number of benzene rings is 1. The van der Waals surface area contributed by atoms with Crippen molar-refractivity contribution in [1.82, 2.24) is 0 Å². The number of rotatable bonds is 3. The Morgan fingerprint density at radius 2 is 2.00 bits per heavy atom. The predicted molar refractivity (Wildman–Crippen MR) is 45.8 cm³/mol. The number of hydrogen-bond acceptors (Lipinski definition) is 2. The molecule has 0 aromatic heterocycles. The monoisotopic (exact) mass is 167 g/mol. The molecule has 1 rings (SSSR count). The molecule has 0 saturated carbocycles. The lowest BCUT2D eigenvalue weighted by atomic mass is 10.3. The van der Waals surface area contributed by atoms with Crippen LogP contribution in [0.5, 0.6) is 0 Å². The van der Waals surface area contributed by atoms with Gasteiger partial charge in [-0.2, -0.15) is 0 Å². The average molecular weight is 167 g/mol. The third-order valence-electron chi connectivity index (χ3n) is 1.42. The maximum Gasteiger partial charge on any atom is 0.0845 e. The molecule has 1 aromatic carbocycles. The smallest absolute Gasteiger partial charge is 0.0845 e. The van der Waals surface area contributed by atoms with Crippen molar-refractivity contribution in [2.75, 3.05) is 11.6 Å². The summed E-state index contributed by atoms with van der Waals surface area (Å²) in [5, 5.41) is 10.2. The molecule has 0 radical (unpaired) electrons. The van der Waals surface area contributed by atoms with Crippen molar-refractivity contribution in [3.8, 4) is 0 Å². The largest absolute Gasteiger partial charge is 0.288 e. The summed E-state index contributed by atoms with van der Waals surface area (Å²) in [6, 6.07) is 8.94. The average Bonchev–Trinajstić information content (AvgIpc) is 2.15. The van der Waals surface area contributed by atoms with E-state index in [1.54, 1.807) is 24.3 Å². The Bertz CT molecular complexity index is 248. The second kappa shape index (κ2) is 4.51. The van der Waals surface area contributed by atoms with Crippen molar-refractivity contribution in [2.45, 2.75) is 0 Å². The maximum atomic E-state index is 11.6. The van der Waals surface area contributed by atoms with Gasteiger partial charge in [-0.25, -0.2) is 4.39 Å². The molecule has 0 aliphatic heterocycles. The van der Waals surface area contributed by atoms with Crippen LogP contribution >= 0.6 is 0 Å². The van der Waals surface area contributed by atoms with Gasteiger partial charge in [0.15, 0.2) is 0 Å².